The predicted molar refractivity (Wildman–Crippen MR) is 178 cm³/mol. The standard InChI is InChI=1S/C36H44N4O7/c1-22-28-13-9-8-12-26(28)20-29(22)33(43)38-23(2)32(42)39-30(18-25-14-16-27(47-4)17-15-25)34(44)40-31(19-24-10-6-5-7-11-24)36(45,46)35(3,37)21-41/h5-17,23,30-31,41,45-46H,18-21,37H2,1-4H3,(H,38,43)(H,39,42)(H,40,44)/t23-,30+,31+,35+/m1/s1. The number of amides is 3. The van der Waals surface area contributed by atoms with Crippen molar-refractivity contribution in [1.82, 2.24) is 16.0 Å². The van der Waals surface area contributed by atoms with E-state index in [0.29, 0.717) is 28.9 Å². The third-order valence-electron chi connectivity index (χ3n) is 8.74. The molecule has 8 N–H and O–H groups in total. The number of allylic oxidation sites excluding steroid dienone is 1. The summed E-state index contributed by atoms with van der Waals surface area (Å²) in [4.78, 5) is 40.6. The molecule has 0 aromatic heterocycles. The quantitative estimate of drug-likeness (QED) is 0.128. The lowest BCUT2D eigenvalue weighted by Crippen LogP contribution is -2.71. The number of fused-ring (bicyclic) bond motifs is 1. The van der Waals surface area contributed by atoms with E-state index in [0.717, 1.165) is 16.7 Å². The Morgan fingerprint density at radius 2 is 1.49 bits per heavy atom. The monoisotopic (exact) mass is 644 g/mol. The van der Waals surface area contributed by atoms with E-state index in [4.69, 9.17) is 10.5 Å². The number of aliphatic hydroxyl groups is 3. The molecule has 0 fully saturated rings. The number of hydrogen-bond donors (Lipinski definition) is 7. The zero-order chi connectivity index (χ0) is 34.4. The van der Waals surface area contributed by atoms with E-state index in [-0.39, 0.29) is 18.7 Å². The van der Waals surface area contributed by atoms with Gasteiger partial charge in [0.05, 0.1) is 25.3 Å². The van der Waals surface area contributed by atoms with Crippen LogP contribution in [0.4, 0.5) is 0 Å². The Hall–Kier alpha value is -4.55. The second-order valence-corrected chi connectivity index (χ2v) is 12.3. The summed E-state index contributed by atoms with van der Waals surface area (Å²) in [6, 6.07) is 19.9. The average molecular weight is 645 g/mol. The van der Waals surface area contributed by atoms with Gasteiger partial charge in [-0.15, -0.1) is 0 Å². The Morgan fingerprint density at radius 3 is 2.11 bits per heavy atom. The van der Waals surface area contributed by atoms with Crippen molar-refractivity contribution in [1.29, 1.82) is 0 Å². The normalized spacial score (nSPS) is 15.9. The third kappa shape index (κ3) is 8.25. The topological polar surface area (TPSA) is 183 Å². The van der Waals surface area contributed by atoms with E-state index in [1.165, 1.54) is 21.0 Å². The Labute approximate surface area is 274 Å². The van der Waals surface area contributed by atoms with Crippen molar-refractivity contribution in [2.75, 3.05) is 13.7 Å². The maximum absolute atomic E-state index is 13.9. The van der Waals surface area contributed by atoms with Crippen LogP contribution in [0.3, 0.4) is 0 Å². The summed E-state index contributed by atoms with van der Waals surface area (Å²) in [5.41, 5.74) is 8.96. The largest absolute Gasteiger partial charge is 0.497 e. The molecule has 0 unspecified atom stereocenters. The second kappa shape index (κ2) is 14.9. The SMILES string of the molecule is COc1ccc(C[C@H](NC(=O)[C@@H](C)NC(=O)C2=C(C)c3ccccc3C2)C(=O)N[C@@H](Cc2ccccc2)C(O)(O)[C@@](C)(N)CO)cc1. The molecule has 4 atom stereocenters. The number of benzene rings is 3. The Morgan fingerprint density at radius 1 is 0.872 bits per heavy atom. The molecule has 0 radical (unpaired) electrons. The molecule has 0 heterocycles. The highest BCUT2D eigenvalue weighted by atomic mass is 16.5. The molecule has 3 amide bonds. The molecule has 11 heteroatoms. The third-order valence-corrected chi connectivity index (χ3v) is 8.74. The minimum atomic E-state index is -2.76. The maximum Gasteiger partial charge on any atom is 0.248 e. The molecule has 47 heavy (non-hydrogen) atoms. The first kappa shape index (κ1) is 35.3. The molecule has 3 aromatic rings. The number of nitrogens with two attached hydrogens (primary N) is 1. The molecule has 0 spiro atoms. The summed E-state index contributed by atoms with van der Waals surface area (Å²) in [6.45, 7) is 3.88. The van der Waals surface area contributed by atoms with Gasteiger partial charge in [-0.1, -0.05) is 66.7 Å². The molecule has 250 valence electrons. The highest BCUT2D eigenvalue weighted by molar-refractivity contribution is 6.05. The van der Waals surface area contributed by atoms with Crippen LogP contribution in [0.25, 0.3) is 5.57 Å². The number of hydrogen-bond acceptors (Lipinski definition) is 8. The van der Waals surface area contributed by atoms with Crippen molar-refractivity contribution in [3.63, 3.8) is 0 Å². The first-order valence-electron chi connectivity index (χ1n) is 15.5. The number of rotatable bonds is 14. The zero-order valence-corrected chi connectivity index (χ0v) is 27.1. The van der Waals surface area contributed by atoms with Crippen LogP contribution in [-0.2, 0) is 33.6 Å². The zero-order valence-electron chi connectivity index (χ0n) is 27.1. The fourth-order valence-electron chi connectivity index (χ4n) is 5.56. The fourth-order valence-corrected chi connectivity index (χ4v) is 5.56. The smallest absolute Gasteiger partial charge is 0.248 e. The van der Waals surface area contributed by atoms with Crippen LogP contribution < -0.4 is 26.4 Å². The molecular formula is C36H44N4O7. The van der Waals surface area contributed by atoms with Crippen LogP contribution in [0.2, 0.25) is 0 Å². The van der Waals surface area contributed by atoms with Crippen LogP contribution in [0.1, 0.15) is 43.0 Å². The van der Waals surface area contributed by atoms with E-state index in [1.54, 1.807) is 54.6 Å². The lowest BCUT2D eigenvalue weighted by atomic mass is 9.84. The molecule has 0 saturated carbocycles. The van der Waals surface area contributed by atoms with Crippen LogP contribution in [-0.4, -0.2) is 76.2 Å². The number of aliphatic hydroxyl groups excluding tert-OH is 1. The van der Waals surface area contributed by atoms with Gasteiger partial charge >= 0.3 is 0 Å². The molecule has 0 aliphatic heterocycles. The van der Waals surface area contributed by atoms with Gasteiger partial charge < -0.3 is 41.7 Å². The fraction of sp³-hybridized carbons (Fsp3) is 0.361. The Balaban J connectivity index is 1.56. The summed E-state index contributed by atoms with van der Waals surface area (Å²) < 4.78 is 5.23. The van der Waals surface area contributed by atoms with Crippen LogP contribution in [0, 0.1) is 0 Å². The van der Waals surface area contributed by atoms with Crippen molar-refractivity contribution in [3.05, 3.63) is 107 Å². The van der Waals surface area contributed by atoms with Gasteiger partial charge in [0.25, 0.3) is 0 Å². The summed E-state index contributed by atoms with van der Waals surface area (Å²) in [5.74, 6) is -3.86. The molecule has 11 nitrogen and oxygen atoms in total. The second-order valence-electron chi connectivity index (χ2n) is 12.3. The van der Waals surface area contributed by atoms with Crippen LogP contribution in [0.15, 0.2) is 84.4 Å². The summed E-state index contributed by atoms with van der Waals surface area (Å²) in [7, 11) is 1.53. The van der Waals surface area contributed by atoms with Crippen molar-refractivity contribution < 1.29 is 34.4 Å². The van der Waals surface area contributed by atoms with Crippen LogP contribution in [0.5, 0.6) is 5.75 Å². The van der Waals surface area contributed by atoms with Crippen molar-refractivity contribution in [2.45, 2.75) is 69.5 Å². The van der Waals surface area contributed by atoms with Crippen molar-refractivity contribution in [2.24, 2.45) is 5.73 Å². The van der Waals surface area contributed by atoms with Gasteiger partial charge in [0.15, 0.2) is 0 Å². The van der Waals surface area contributed by atoms with Gasteiger partial charge in [-0.05, 0) is 67.2 Å². The molecule has 4 rings (SSSR count). The maximum atomic E-state index is 13.9. The van der Waals surface area contributed by atoms with Gasteiger partial charge in [0.2, 0.25) is 23.5 Å². The minimum absolute atomic E-state index is 0.0314. The molecule has 3 aromatic carbocycles. The average Bonchev–Trinajstić information content (AvgIpc) is 3.40. The Kier molecular flexibility index (Phi) is 11.2. The van der Waals surface area contributed by atoms with E-state index >= 15 is 0 Å². The van der Waals surface area contributed by atoms with E-state index < -0.39 is 47.9 Å². The number of carbonyl (C=O) groups excluding carboxylic acids is 3. The van der Waals surface area contributed by atoms with Crippen molar-refractivity contribution in [3.8, 4) is 5.75 Å². The molecule has 1 aliphatic rings. The number of ether oxygens (including phenoxy) is 1. The highest BCUT2D eigenvalue weighted by Gasteiger charge is 2.49. The van der Waals surface area contributed by atoms with E-state index in [9.17, 15) is 29.7 Å². The molecular weight excluding hydrogens is 600 g/mol. The number of methoxy groups -OCH3 is 1. The minimum Gasteiger partial charge on any atom is -0.497 e. The Bertz CT molecular complexity index is 1600. The highest BCUT2D eigenvalue weighted by Crippen LogP contribution is 2.32. The summed E-state index contributed by atoms with van der Waals surface area (Å²) in [5, 5.41) is 40.4. The first-order valence-corrected chi connectivity index (χ1v) is 15.5. The van der Waals surface area contributed by atoms with E-state index in [2.05, 4.69) is 16.0 Å². The lowest BCUT2D eigenvalue weighted by Gasteiger charge is -2.42. The van der Waals surface area contributed by atoms with Gasteiger partial charge in [-0.3, -0.25) is 14.4 Å². The van der Waals surface area contributed by atoms with Crippen LogP contribution >= 0.6 is 0 Å². The van der Waals surface area contributed by atoms with Gasteiger partial charge in [-0.25, -0.2) is 0 Å². The number of nitrogens with one attached hydrogen (secondary N) is 3. The van der Waals surface area contributed by atoms with Gasteiger partial charge in [0, 0.05) is 18.4 Å². The molecule has 0 saturated heterocycles. The summed E-state index contributed by atoms with van der Waals surface area (Å²) >= 11 is 0. The van der Waals surface area contributed by atoms with Gasteiger partial charge in [0.1, 0.15) is 17.8 Å². The lowest BCUT2D eigenvalue weighted by molar-refractivity contribution is -0.232. The summed E-state index contributed by atoms with van der Waals surface area (Å²) in [6.07, 6.45) is 0.438. The molecule has 0 bridgehead atoms. The predicted octanol–water partition coefficient (Wildman–Crippen LogP) is 1.38. The van der Waals surface area contributed by atoms with E-state index in [1.807, 2.05) is 31.2 Å². The number of carbonyl (C=O) groups is 3. The first-order chi connectivity index (χ1) is 22.3. The molecule has 1 aliphatic carbocycles. The van der Waals surface area contributed by atoms with Gasteiger partial charge in [-0.2, -0.15) is 0 Å². The van der Waals surface area contributed by atoms with Crippen molar-refractivity contribution >= 4 is 23.3 Å².